The van der Waals surface area contributed by atoms with E-state index in [4.69, 9.17) is 5.73 Å². The molecule has 1 fully saturated rings. The second kappa shape index (κ2) is 3.46. The van der Waals surface area contributed by atoms with Gasteiger partial charge < -0.3 is 15.7 Å². The minimum Gasteiger partial charge on any atom is -0.372 e. The average Bonchev–Trinajstić information content (AvgIpc) is 3.05. The number of hydrogen-bond acceptors (Lipinski definition) is 4. The van der Waals surface area contributed by atoms with Crippen molar-refractivity contribution in [2.75, 3.05) is 11.9 Å². The van der Waals surface area contributed by atoms with Gasteiger partial charge in [-0.05, 0) is 19.3 Å². The smallest absolute Gasteiger partial charge is 0.143 e. The van der Waals surface area contributed by atoms with Crippen molar-refractivity contribution in [3.8, 4) is 0 Å². The molecule has 0 radical (unpaired) electrons. The summed E-state index contributed by atoms with van der Waals surface area (Å²) in [6, 6.07) is 1.90. The Hall–Kier alpha value is -1.07. The van der Waals surface area contributed by atoms with Gasteiger partial charge >= 0.3 is 0 Å². The van der Waals surface area contributed by atoms with E-state index in [1.165, 1.54) is 18.5 Å². The Bertz CT molecular complexity index is 399. The third-order valence-corrected chi connectivity index (χ3v) is 3.59. The molecule has 5 heteroatoms. The van der Waals surface area contributed by atoms with Crippen LogP contribution < -0.4 is 10.6 Å². The van der Waals surface area contributed by atoms with Gasteiger partial charge in [0.2, 0.25) is 0 Å². The monoisotopic (exact) mass is 222 g/mol. The molecule has 1 aliphatic carbocycles. The molecule has 0 amide bonds. The molecule has 1 unspecified atom stereocenters. The van der Waals surface area contributed by atoms with E-state index in [1.807, 2.05) is 16.6 Å². The second-order valence-electron chi connectivity index (χ2n) is 4.90. The summed E-state index contributed by atoms with van der Waals surface area (Å²) in [4.78, 5) is 1.83. The van der Waals surface area contributed by atoms with Crippen LogP contribution in [-0.4, -0.2) is 34.2 Å². The largest absolute Gasteiger partial charge is 0.372 e. The molecule has 3 N–H and O–H groups in total. The van der Waals surface area contributed by atoms with Gasteiger partial charge in [-0.25, -0.2) is 4.68 Å². The number of hydrogen-bond donors (Lipinski definition) is 2. The molecule has 0 saturated heterocycles. The van der Waals surface area contributed by atoms with Crippen molar-refractivity contribution in [1.29, 1.82) is 0 Å². The van der Waals surface area contributed by atoms with Gasteiger partial charge in [0.1, 0.15) is 12.0 Å². The zero-order valence-corrected chi connectivity index (χ0v) is 9.50. The van der Waals surface area contributed by atoms with E-state index in [0.29, 0.717) is 5.92 Å². The molecule has 5 nitrogen and oxygen atoms in total. The highest BCUT2D eigenvalue weighted by Crippen LogP contribution is 2.40. The Morgan fingerprint density at radius 3 is 2.88 bits per heavy atom. The Morgan fingerprint density at radius 2 is 2.19 bits per heavy atom. The third-order valence-electron chi connectivity index (χ3n) is 3.59. The molecule has 2 atom stereocenters. The van der Waals surface area contributed by atoms with Gasteiger partial charge in [0.05, 0.1) is 11.7 Å². The average molecular weight is 222 g/mol. The first kappa shape index (κ1) is 10.1. The van der Waals surface area contributed by atoms with Gasteiger partial charge in [-0.3, -0.25) is 0 Å². The van der Waals surface area contributed by atoms with Crippen molar-refractivity contribution < 1.29 is 5.11 Å². The Morgan fingerprint density at radius 1 is 1.44 bits per heavy atom. The van der Waals surface area contributed by atoms with Crippen molar-refractivity contribution in [2.24, 2.45) is 5.73 Å². The van der Waals surface area contributed by atoms with Gasteiger partial charge in [-0.1, -0.05) is 0 Å². The summed E-state index contributed by atoms with van der Waals surface area (Å²) in [7, 11) is 1.88. The Kier molecular flexibility index (Phi) is 2.19. The molecular formula is C11H18N4O. The zero-order valence-electron chi connectivity index (χ0n) is 9.50. The lowest BCUT2D eigenvalue weighted by Gasteiger charge is -2.26. The lowest BCUT2D eigenvalue weighted by atomic mass is 10.2. The Balaban J connectivity index is 1.95. The fourth-order valence-electron chi connectivity index (χ4n) is 2.30. The fourth-order valence-corrected chi connectivity index (χ4v) is 2.30. The van der Waals surface area contributed by atoms with Crippen LogP contribution in [0.25, 0.3) is 0 Å². The molecule has 0 spiro atoms. The highest BCUT2D eigenvalue weighted by atomic mass is 16.3. The number of nitrogens with two attached hydrogens (primary N) is 1. The predicted molar refractivity (Wildman–Crippen MR) is 61.2 cm³/mol. The molecule has 1 aromatic rings. The first-order valence-electron chi connectivity index (χ1n) is 5.91. The van der Waals surface area contributed by atoms with Crippen LogP contribution in [0.5, 0.6) is 0 Å². The molecule has 88 valence electrons. The zero-order chi connectivity index (χ0) is 11.3. The molecular weight excluding hydrogens is 204 g/mol. The first-order chi connectivity index (χ1) is 7.66. The van der Waals surface area contributed by atoms with Crippen molar-refractivity contribution in [3.63, 3.8) is 0 Å². The summed E-state index contributed by atoms with van der Waals surface area (Å²) < 4.78 is 1.98. The van der Waals surface area contributed by atoms with Crippen molar-refractivity contribution in [1.82, 2.24) is 9.78 Å². The molecule has 1 aromatic heterocycles. The normalized spacial score (nSPS) is 30.1. The number of aliphatic hydroxyl groups excluding tert-OH is 1. The van der Waals surface area contributed by atoms with Gasteiger partial charge in [0.15, 0.2) is 0 Å². The second-order valence-corrected chi connectivity index (χ2v) is 4.90. The maximum absolute atomic E-state index is 10.00. The molecule has 1 saturated carbocycles. The molecule has 16 heavy (non-hydrogen) atoms. The molecule has 1 aliphatic heterocycles. The quantitative estimate of drug-likeness (QED) is 0.714. The number of rotatable bonds is 1. The van der Waals surface area contributed by atoms with E-state index in [1.54, 1.807) is 0 Å². The van der Waals surface area contributed by atoms with Crippen molar-refractivity contribution in [2.45, 2.75) is 44.0 Å². The van der Waals surface area contributed by atoms with Crippen LogP contribution in [-0.2, 0) is 6.54 Å². The third kappa shape index (κ3) is 1.51. The van der Waals surface area contributed by atoms with Gasteiger partial charge in [-0.2, -0.15) is 5.10 Å². The fraction of sp³-hybridized carbons (Fsp3) is 0.727. The minimum absolute atomic E-state index is 0.198. The Labute approximate surface area is 94.8 Å². The number of aryl methyl sites for hydroxylation is 1. The van der Waals surface area contributed by atoms with Gasteiger partial charge in [0.25, 0.3) is 0 Å². The summed E-state index contributed by atoms with van der Waals surface area (Å²) in [5.41, 5.74) is 7.06. The lowest BCUT2D eigenvalue weighted by Crippen LogP contribution is -2.45. The van der Waals surface area contributed by atoms with Crippen LogP contribution >= 0.6 is 0 Å². The van der Waals surface area contributed by atoms with Crippen LogP contribution in [0.4, 0.5) is 5.82 Å². The predicted octanol–water partition coefficient (Wildman–Crippen LogP) is 0.246. The summed E-state index contributed by atoms with van der Waals surface area (Å²) in [6.45, 7) is 0.796. The molecule has 3 rings (SSSR count). The number of anilines is 1. The van der Waals surface area contributed by atoms with E-state index in [2.05, 4.69) is 11.2 Å². The molecule has 2 aliphatic rings. The molecule has 0 aromatic carbocycles. The number of nitrogens with zero attached hydrogens (tertiary/aromatic N) is 3. The highest BCUT2D eigenvalue weighted by molar-refractivity contribution is 5.43. The van der Waals surface area contributed by atoms with Crippen LogP contribution in [0.3, 0.4) is 0 Å². The van der Waals surface area contributed by atoms with E-state index >= 15 is 0 Å². The number of aromatic nitrogens is 2. The molecule has 0 bridgehead atoms. The number of fused-ring (bicyclic) bond motifs is 1. The van der Waals surface area contributed by atoms with Crippen LogP contribution in [0.15, 0.2) is 6.07 Å². The lowest BCUT2D eigenvalue weighted by molar-refractivity contribution is 0.143. The summed E-state index contributed by atoms with van der Waals surface area (Å²) in [5.74, 6) is 1.64. The van der Waals surface area contributed by atoms with E-state index < -0.39 is 6.23 Å². The van der Waals surface area contributed by atoms with Crippen LogP contribution in [0.2, 0.25) is 0 Å². The maximum atomic E-state index is 10.00. The summed E-state index contributed by atoms with van der Waals surface area (Å²) >= 11 is 0. The minimum atomic E-state index is -0.606. The van der Waals surface area contributed by atoms with Gasteiger partial charge in [-0.15, -0.1) is 0 Å². The highest BCUT2D eigenvalue weighted by Gasteiger charge is 2.31. The summed E-state index contributed by atoms with van der Waals surface area (Å²) in [5, 5.41) is 14.6. The SMILES string of the molecule is CN1c2cc(C3CC3)nn2CCC(N)[C@H]1O. The van der Waals surface area contributed by atoms with Crippen molar-refractivity contribution in [3.05, 3.63) is 11.8 Å². The van der Waals surface area contributed by atoms with E-state index in [-0.39, 0.29) is 6.04 Å². The number of aliphatic hydroxyl groups is 1. The van der Waals surface area contributed by atoms with Crippen LogP contribution in [0, 0.1) is 0 Å². The topological polar surface area (TPSA) is 67.3 Å². The first-order valence-corrected chi connectivity index (χ1v) is 5.91. The number of likely N-dealkylation sites (N-methyl/N-ethyl adjacent to an activating group) is 1. The summed E-state index contributed by atoms with van der Waals surface area (Å²) in [6.07, 6.45) is 2.67. The molecule has 2 heterocycles. The standard InChI is InChI=1S/C11H18N4O/c1-14-10-6-9(7-2-3-7)13-15(10)5-4-8(12)11(14)16/h6-8,11,16H,2-5,12H2,1H3/t8?,11-/m1/s1. The van der Waals surface area contributed by atoms with Gasteiger partial charge in [0, 0.05) is 25.6 Å². The van der Waals surface area contributed by atoms with E-state index in [0.717, 1.165) is 18.8 Å². The van der Waals surface area contributed by atoms with Crippen molar-refractivity contribution >= 4 is 5.82 Å². The van der Waals surface area contributed by atoms with Crippen LogP contribution in [0.1, 0.15) is 30.9 Å². The maximum Gasteiger partial charge on any atom is 0.143 e. The van der Waals surface area contributed by atoms with E-state index in [9.17, 15) is 5.11 Å².